The Balaban J connectivity index is 1.56. The molecular formula is C25H21FN4O2S. The molecule has 0 aliphatic rings. The largest absolute Gasteiger partial charge is 0.397 e. The zero-order valence-electron chi connectivity index (χ0n) is 17.7. The first-order valence-electron chi connectivity index (χ1n) is 10.0. The van der Waals surface area contributed by atoms with Crippen molar-refractivity contribution in [3.63, 3.8) is 0 Å². The van der Waals surface area contributed by atoms with Crippen LogP contribution in [0.2, 0.25) is 0 Å². The van der Waals surface area contributed by atoms with E-state index in [1.165, 1.54) is 42.6 Å². The number of nitrogens with zero attached hydrogens (tertiary/aromatic N) is 1. The van der Waals surface area contributed by atoms with Crippen LogP contribution in [0.3, 0.4) is 0 Å². The van der Waals surface area contributed by atoms with Crippen molar-refractivity contribution in [2.75, 3.05) is 11.1 Å². The van der Waals surface area contributed by atoms with Gasteiger partial charge < -0.3 is 11.1 Å². The predicted molar refractivity (Wildman–Crippen MR) is 127 cm³/mol. The molecule has 4 rings (SSSR count). The zero-order valence-corrected chi connectivity index (χ0v) is 18.5. The average molecular weight is 461 g/mol. The molecule has 0 fully saturated rings. The lowest BCUT2D eigenvalue weighted by molar-refractivity contribution is 0.102. The first-order chi connectivity index (χ1) is 15.7. The van der Waals surface area contributed by atoms with Crippen LogP contribution < -0.4 is 11.1 Å². The summed E-state index contributed by atoms with van der Waals surface area (Å²) in [6.45, 7) is 1.82. The Morgan fingerprint density at radius 3 is 2.27 bits per heavy atom. The number of carbonyl (C=O) groups is 1. The van der Waals surface area contributed by atoms with Crippen molar-refractivity contribution in [1.82, 2.24) is 4.98 Å². The van der Waals surface area contributed by atoms with Crippen molar-refractivity contribution in [2.45, 2.75) is 16.7 Å². The van der Waals surface area contributed by atoms with Crippen molar-refractivity contribution in [3.05, 3.63) is 102 Å². The molecule has 0 saturated carbocycles. The molecule has 1 heterocycles. The Labute approximate surface area is 191 Å². The minimum atomic E-state index is -3.25. The van der Waals surface area contributed by atoms with Gasteiger partial charge in [-0.15, -0.1) is 0 Å². The number of aryl methyl sites for hydroxylation is 1. The summed E-state index contributed by atoms with van der Waals surface area (Å²) < 4.78 is 34.6. The highest BCUT2D eigenvalue weighted by Gasteiger charge is 2.16. The summed E-state index contributed by atoms with van der Waals surface area (Å²) >= 11 is 0. The topological polar surface area (TPSA) is 109 Å². The molecular weight excluding hydrogens is 439 g/mol. The molecule has 6 nitrogen and oxygen atoms in total. The number of hydrogen-bond acceptors (Lipinski definition) is 5. The minimum Gasteiger partial charge on any atom is -0.397 e. The van der Waals surface area contributed by atoms with Gasteiger partial charge in [0.15, 0.2) is 0 Å². The van der Waals surface area contributed by atoms with Crippen LogP contribution in [0.5, 0.6) is 0 Å². The van der Waals surface area contributed by atoms with Crippen LogP contribution in [-0.4, -0.2) is 15.1 Å². The van der Waals surface area contributed by atoms with Crippen molar-refractivity contribution >= 4 is 27.0 Å². The van der Waals surface area contributed by atoms with Gasteiger partial charge in [0.2, 0.25) is 0 Å². The van der Waals surface area contributed by atoms with Crippen molar-refractivity contribution in [3.8, 4) is 11.1 Å². The van der Waals surface area contributed by atoms with Gasteiger partial charge in [0.1, 0.15) is 15.5 Å². The predicted octanol–water partition coefficient (Wildman–Crippen LogP) is 5.50. The van der Waals surface area contributed by atoms with Crippen LogP contribution in [0.15, 0.2) is 95.0 Å². The first-order valence-corrected chi connectivity index (χ1v) is 11.6. The van der Waals surface area contributed by atoms with Crippen LogP contribution in [0.4, 0.5) is 15.8 Å². The second kappa shape index (κ2) is 8.84. The van der Waals surface area contributed by atoms with E-state index in [-0.39, 0.29) is 10.7 Å². The Kier molecular flexibility index (Phi) is 5.93. The molecule has 3 aromatic carbocycles. The highest BCUT2D eigenvalue weighted by Crippen LogP contribution is 2.28. The molecule has 1 atom stereocenters. The molecule has 166 valence electrons. The number of nitrogens with two attached hydrogens (primary N) is 1. The molecule has 1 aromatic heterocycles. The summed E-state index contributed by atoms with van der Waals surface area (Å²) in [4.78, 5) is 17.4. The number of carbonyl (C=O) groups excluding carboxylic acids is 1. The summed E-state index contributed by atoms with van der Waals surface area (Å²) in [5.41, 5.74) is 9.52. The molecule has 4 aromatic rings. The molecule has 0 aliphatic carbocycles. The highest BCUT2D eigenvalue weighted by molar-refractivity contribution is 7.92. The van der Waals surface area contributed by atoms with Gasteiger partial charge in [0, 0.05) is 18.0 Å². The Morgan fingerprint density at radius 2 is 1.61 bits per heavy atom. The standard InChI is InChI=1S/C25H21FN4O2S/c1-16-12-22(15-29-14-16)33(28,32)21-9-4-18(5-10-21)25(31)30-24-13-19(6-11-23(24)27)17-2-7-20(26)8-3-17/h2-15,28H,27H2,1H3,(H,30,31). The summed E-state index contributed by atoms with van der Waals surface area (Å²) in [6, 6.07) is 18.9. The highest BCUT2D eigenvalue weighted by atomic mass is 32.2. The van der Waals surface area contributed by atoms with Crippen LogP contribution in [-0.2, 0) is 9.73 Å². The fraction of sp³-hybridized carbons (Fsp3) is 0.0400. The number of nitrogen functional groups attached to an aromatic ring is 1. The average Bonchev–Trinajstić information content (AvgIpc) is 2.81. The SMILES string of the molecule is Cc1cncc(S(=N)(=O)c2ccc(C(=O)Nc3cc(-c4ccc(F)cc4)ccc3N)cc2)c1. The summed E-state index contributed by atoms with van der Waals surface area (Å²) in [6.07, 6.45) is 3.04. The van der Waals surface area contributed by atoms with Gasteiger partial charge >= 0.3 is 0 Å². The third-order valence-electron chi connectivity index (χ3n) is 5.11. The third kappa shape index (κ3) is 4.75. The second-order valence-corrected chi connectivity index (χ2v) is 9.60. The smallest absolute Gasteiger partial charge is 0.255 e. The normalized spacial score (nSPS) is 12.7. The van der Waals surface area contributed by atoms with Gasteiger partial charge in [-0.05, 0) is 78.2 Å². The van der Waals surface area contributed by atoms with Crippen molar-refractivity contribution < 1.29 is 13.4 Å². The zero-order chi connectivity index (χ0) is 23.6. The van der Waals surface area contributed by atoms with Crippen molar-refractivity contribution in [2.24, 2.45) is 0 Å². The molecule has 0 bridgehead atoms. The van der Waals surface area contributed by atoms with E-state index < -0.39 is 15.6 Å². The molecule has 1 unspecified atom stereocenters. The number of hydrogen-bond donors (Lipinski definition) is 3. The summed E-state index contributed by atoms with van der Waals surface area (Å²) in [7, 11) is -3.25. The molecule has 4 N–H and O–H groups in total. The van der Waals surface area contributed by atoms with Gasteiger partial charge in [0.25, 0.3) is 5.91 Å². The summed E-state index contributed by atoms with van der Waals surface area (Å²) in [5, 5.41) is 2.78. The maximum Gasteiger partial charge on any atom is 0.255 e. The number of rotatable bonds is 5. The molecule has 0 spiro atoms. The lowest BCUT2D eigenvalue weighted by Gasteiger charge is -2.12. The van der Waals surface area contributed by atoms with Gasteiger partial charge in [-0.1, -0.05) is 18.2 Å². The van der Waals surface area contributed by atoms with Gasteiger partial charge in [-0.3, -0.25) is 9.78 Å². The van der Waals surface area contributed by atoms with E-state index >= 15 is 0 Å². The van der Waals surface area contributed by atoms with Crippen LogP contribution in [0.25, 0.3) is 11.1 Å². The van der Waals surface area contributed by atoms with Gasteiger partial charge in [0.05, 0.1) is 21.2 Å². The summed E-state index contributed by atoms with van der Waals surface area (Å²) in [5.74, 6) is -0.736. The van der Waals surface area contributed by atoms with E-state index in [4.69, 9.17) is 10.5 Å². The quantitative estimate of drug-likeness (QED) is 0.342. The fourth-order valence-corrected chi connectivity index (χ4v) is 4.65. The van der Waals surface area contributed by atoms with E-state index in [0.717, 1.165) is 16.7 Å². The lowest BCUT2D eigenvalue weighted by Crippen LogP contribution is -2.13. The number of anilines is 2. The Hall–Kier alpha value is -4.04. The second-order valence-electron chi connectivity index (χ2n) is 7.54. The van der Waals surface area contributed by atoms with E-state index in [9.17, 15) is 13.4 Å². The number of aromatic nitrogens is 1. The van der Waals surface area contributed by atoms with E-state index in [0.29, 0.717) is 21.8 Å². The molecule has 8 heteroatoms. The van der Waals surface area contributed by atoms with Gasteiger partial charge in [-0.2, -0.15) is 0 Å². The van der Waals surface area contributed by atoms with E-state index in [1.54, 1.807) is 42.6 Å². The maximum absolute atomic E-state index is 13.2. The molecule has 1 amide bonds. The molecule has 0 aliphatic heterocycles. The molecule has 33 heavy (non-hydrogen) atoms. The maximum atomic E-state index is 13.2. The number of nitrogens with one attached hydrogen (secondary N) is 2. The Bertz CT molecular complexity index is 1430. The van der Waals surface area contributed by atoms with Gasteiger partial charge in [-0.25, -0.2) is 13.4 Å². The van der Waals surface area contributed by atoms with Crippen LogP contribution >= 0.6 is 0 Å². The van der Waals surface area contributed by atoms with E-state index in [1.807, 2.05) is 6.92 Å². The van der Waals surface area contributed by atoms with Crippen molar-refractivity contribution in [1.29, 1.82) is 4.78 Å². The lowest BCUT2D eigenvalue weighted by atomic mass is 10.0. The van der Waals surface area contributed by atoms with Crippen LogP contribution in [0, 0.1) is 17.5 Å². The molecule has 0 radical (unpaired) electrons. The fourth-order valence-electron chi connectivity index (χ4n) is 3.30. The van der Waals surface area contributed by atoms with Crippen LogP contribution in [0.1, 0.15) is 15.9 Å². The molecule has 0 saturated heterocycles. The minimum absolute atomic E-state index is 0.282. The first kappa shape index (κ1) is 22.2. The third-order valence-corrected chi connectivity index (χ3v) is 6.93. The number of halogens is 1. The Morgan fingerprint density at radius 1 is 0.939 bits per heavy atom. The number of amides is 1. The monoisotopic (exact) mass is 460 g/mol. The van der Waals surface area contributed by atoms with E-state index in [2.05, 4.69) is 10.3 Å². The number of pyridine rings is 1. The number of benzene rings is 3.